The van der Waals surface area contributed by atoms with Crippen molar-refractivity contribution in [3.05, 3.63) is 41.5 Å². The average Bonchev–Trinajstić information content (AvgIpc) is 2.79. The van der Waals surface area contributed by atoms with Crippen molar-refractivity contribution in [2.45, 2.75) is 39.7 Å². The topological polar surface area (TPSA) is 106 Å². The zero-order valence-corrected chi connectivity index (χ0v) is 21.0. The van der Waals surface area contributed by atoms with Gasteiger partial charge in [0.15, 0.2) is 0 Å². The first kappa shape index (κ1) is 29.0. The zero-order chi connectivity index (χ0) is 24.4. The molecule has 0 bridgehead atoms. The number of amides is 1. The van der Waals surface area contributed by atoms with Crippen LogP contribution in [0.2, 0.25) is 6.04 Å². The Labute approximate surface area is 198 Å². The van der Waals surface area contributed by atoms with Crippen LogP contribution in [0.5, 0.6) is 5.75 Å². The molecule has 0 saturated heterocycles. The van der Waals surface area contributed by atoms with Crippen molar-refractivity contribution in [3.63, 3.8) is 0 Å². The van der Waals surface area contributed by atoms with E-state index >= 15 is 0 Å². The van der Waals surface area contributed by atoms with Crippen LogP contribution in [0.25, 0.3) is 12.2 Å². The Hall–Kier alpha value is -2.01. The Morgan fingerprint density at radius 3 is 1.97 bits per heavy atom. The van der Waals surface area contributed by atoms with E-state index in [1.807, 2.05) is 39.0 Å². The smallest absolute Gasteiger partial charge is 0.493 e. The van der Waals surface area contributed by atoms with Gasteiger partial charge in [0.2, 0.25) is 5.91 Å². The molecule has 0 aliphatic heterocycles. The number of rotatable bonds is 18. The lowest BCUT2D eigenvalue weighted by Gasteiger charge is -2.28. The molecule has 0 aliphatic rings. The van der Waals surface area contributed by atoms with Gasteiger partial charge in [-0.15, -0.1) is 0 Å². The van der Waals surface area contributed by atoms with Crippen molar-refractivity contribution in [2.24, 2.45) is 0 Å². The Balaban J connectivity index is 2.51. The predicted molar refractivity (Wildman–Crippen MR) is 132 cm³/mol. The lowest BCUT2D eigenvalue weighted by atomic mass is 10.1. The van der Waals surface area contributed by atoms with Gasteiger partial charge in [-0.3, -0.25) is 4.79 Å². The second-order valence-corrected chi connectivity index (χ2v) is 9.77. The van der Waals surface area contributed by atoms with Crippen molar-refractivity contribution in [2.75, 3.05) is 46.2 Å². The van der Waals surface area contributed by atoms with Gasteiger partial charge in [-0.1, -0.05) is 24.3 Å². The van der Waals surface area contributed by atoms with Crippen LogP contribution in [0.1, 0.15) is 44.7 Å². The molecule has 186 valence electrons. The highest BCUT2D eigenvalue weighted by molar-refractivity contribution is 6.60. The SMILES string of the molecule is CCO[Si](CCCNC(=O)CCOc1cc(/C=C/CO)cc(/C=C/CO)c1)(OCC)OCC. The Kier molecular flexibility index (Phi) is 15.4. The average molecular weight is 482 g/mol. The summed E-state index contributed by atoms with van der Waals surface area (Å²) in [6, 6.07) is 6.23. The Bertz CT molecular complexity index is 690. The highest BCUT2D eigenvalue weighted by Gasteiger charge is 2.39. The maximum absolute atomic E-state index is 12.2. The molecule has 0 unspecified atom stereocenters. The van der Waals surface area contributed by atoms with Gasteiger partial charge in [-0.25, -0.2) is 0 Å². The fourth-order valence-corrected chi connectivity index (χ4v) is 5.80. The van der Waals surface area contributed by atoms with E-state index < -0.39 is 8.80 Å². The summed E-state index contributed by atoms with van der Waals surface area (Å²) in [6.07, 6.45) is 7.76. The maximum Gasteiger partial charge on any atom is 0.500 e. The van der Waals surface area contributed by atoms with Gasteiger partial charge in [-0.2, -0.15) is 0 Å². The minimum absolute atomic E-state index is 0.0591. The van der Waals surface area contributed by atoms with Gasteiger partial charge in [0.25, 0.3) is 0 Å². The van der Waals surface area contributed by atoms with Crippen LogP contribution in [-0.2, 0) is 18.1 Å². The molecule has 1 aromatic carbocycles. The van der Waals surface area contributed by atoms with Crippen molar-refractivity contribution < 1.29 is 33.0 Å². The molecule has 3 N–H and O–H groups in total. The van der Waals surface area contributed by atoms with Crippen LogP contribution in [0.4, 0.5) is 0 Å². The van der Waals surface area contributed by atoms with E-state index in [1.54, 1.807) is 24.3 Å². The number of carbonyl (C=O) groups is 1. The van der Waals surface area contributed by atoms with Crippen LogP contribution in [0.3, 0.4) is 0 Å². The van der Waals surface area contributed by atoms with Crippen LogP contribution in [-0.4, -0.2) is 71.1 Å². The lowest BCUT2D eigenvalue weighted by molar-refractivity contribution is -0.121. The summed E-state index contributed by atoms with van der Waals surface area (Å²) >= 11 is 0. The van der Waals surface area contributed by atoms with Crippen LogP contribution >= 0.6 is 0 Å². The van der Waals surface area contributed by atoms with Crippen LogP contribution in [0, 0.1) is 0 Å². The maximum atomic E-state index is 12.2. The van der Waals surface area contributed by atoms with Gasteiger partial charge in [0.05, 0.1) is 26.2 Å². The van der Waals surface area contributed by atoms with Crippen molar-refractivity contribution in [1.82, 2.24) is 5.32 Å². The minimum atomic E-state index is -2.69. The highest BCUT2D eigenvalue weighted by Crippen LogP contribution is 2.20. The Morgan fingerprint density at radius 2 is 1.48 bits per heavy atom. The molecular formula is C24H39NO7Si. The lowest BCUT2D eigenvalue weighted by Crippen LogP contribution is -2.46. The number of benzene rings is 1. The molecule has 1 amide bonds. The van der Waals surface area contributed by atoms with Gasteiger partial charge in [0.1, 0.15) is 5.75 Å². The molecule has 0 radical (unpaired) electrons. The second kappa shape index (κ2) is 17.5. The third kappa shape index (κ3) is 12.1. The molecule has 0 saturated carbocycles. The minimum Gasteiger partial charge on any atom is -0.493 e. The second-order valence-electron chi connectivity index (χ2n) is 7.04. The largest absolute Gasteiger partial charge is 0.500 e. The molecule has 0 heterocycles. The molecular weight excluding hydrogens is 442 g/mol. The molecule has 0 aliphatic carbocycles. The van der Waals surface area contributed by atoms with Crippen LogP contribution < -0.4 is 10.1 Å². The molecule has 0 fully saturated rings. The first-order chi connectivity index (χ1) is 16.0. The quantitative estimate of drug-likeness (QED) is 0.219. The highest BCUT2D eigenvalue weighted by atomic mass is 28.4. The first-order valence-corrected chi connectivity index (χ1v) is 13.5. The monoisotopic (exact) mass is 481 g/mol. The molecule has 0 atom stereocenters. The summed E-state index contributed by atoms with van der Waals surface area (Å²) in [5, 5.41) is 20.9. The fourth-order valence-electron chi connectivity index (χ4n) is 3.18. The number of aliphatic hydroxyl groups is 2. The summed E-state index contributed by atoms with van der Waals surface area (Å²) in [5.41, 5.74) is 1.71. The number of hydrogen-bond acceptors (Lipinski definition) is 7. The summed E-state index contributed by atoms with van der Waals surface area (Å²) in [7, 11) is -2.69. The number of nitrogens with one attached hydrogen (secondary N) is 1. The summed E-state index contributed by atoms with van der Waals surface area (Å²) in [6.45, 7) is 7.99. The summed E-state index contributed by atoms with van der Waals surface area (Å²) < 4.78 is 23.2. The van der Waals surface area contributed by atoms with E-state index in [4.69, 9.17) is 28.2 Å². The number of hydrogen-bond donors (Lipinski definition) is 3. The summed E-state index contributed by atoms with van der Waals surface area (Å²) in [4.78, 5) is 12.2. The van der Waals surface area contributed by atoms with Gasteiger partial charge >= 0.3 is 8.80 Å². The number of aliphatic hydroxyl groups excluding tert-OH is 2. The molecule has 33 heavy (non-hydrogen) atoms. The molecule has 0 spiro atoms. The van der Waals surface area contributed by atoms with Crippen molar-refractivity contribution in [3.8, 4) is 5.75 Å². The Morgan fingerprint density at radius 1 is 0.939 bits per heavy atom. The molecule has 0 aromatic heterocycles. The van der Waals surface area contributed by atoms with Gasteiger partial charge in [-0.05, 0) is 56.5 Å². The third-order valence-electron chi connectivity index (χ3n) is 4.46. The van der Waals surface area contributed by atoms with E-state index in [-0.39, 0.29) is 32.1 Å². The van der Waals surface area contributed by atoms with E-state index in [9.17, 15) is 4.79 Å². The first-order valence-electron chi connectivity index (χ1n) is 11.5. The molecule has 8 nitrogen and oxygen atoms in total. The van der Waals surface area contributed by atoms with Crippen molar-refractivity contribution in [1.29, 1.82) is 0 Å². The molecule has 1 aromatic rings. The number of ether oxygens (including phenoxy) is 1. The molecule has 9 heteroatoms. The summed E-state index contributed by atoms with van der Waals surface area (Å²) in [5.74, 6) is 0.518. The van der Waals surface area contributed by atoms with E-state index in [0.29, 0.717) is 44.6 Å². The predicted octanol–water partition coefficient (Wildman–Crippen LogP) is 3.02. The molecule has 1 rings (SSSR count). The van der Waals surface area contributed by atoms with E-state index in [0.717, 1.165) is 11.1 Å². The standard InChI is InChI=1S/C24H39NO7Si/c1-4-30-33(31-5-2,32-6-3)17-9-13-25-24(28)12-16-29-23-19-21(10-7-14-26)18-22(20-23)11-8-15-27/h7-8,10-11,18-20,26-27H,4-6,9,12-17H2,1-3H3,(H,25,28)/b10-7+,11-8+. The van der Waals surface area contributed by atoms with Gasteiger partial charge in [0, 0.05) is 32.4 Å². The number of carbonyl (C=O) groups excluding carboxylic acids is 1. The normalized spacial score (nSPS) is 12.0. The van der Waals surface area contributed by atoms with E-state index in [2.05, 4.69) is 5.32 Å². The van der Waals surface area contributed by atoms with Crippen LogP contribution in [0.15, 0.2) is 30.4 Å². The zero-order valence-electron chi connectivity index (χ0n) is 20.0. The van der Waals surface area contributed by atoms with Crippen molar-refractivity contribution >= 4 is 26.9 Å². The third-order valence-corrected chi connectivity index (χ3v) is 7.61. The van der Waals surface area contributed by atoms with E-state index in [1.165, 1.54) is 0 Å². The fraction of sp³-hybridized carbons (Fsp3) is 0.542. The van der Waals surface area contributed by atoms with Gasteiger partial charge < -0.3 is 33.5 Å².